The molecule has 0 radical (unpaired) electrons. The van der Waals surface area contributed by atoms with Crippen molar-refractivity contribution in [2.75, 3.05) is 59.4 Å². The molecule has 182 valence electrons. The van der Waals surface area contributed by atoms with Crippen LogP contribution in [0.25, 0.3) is 0 Å². The van der Waals surface area contributed by atoms with Crippen molar-refractivity contribution in [3.8, 4) is 0 Å². The van der Waals surface area contributed by atoms with Gasteiger partial charge in [-0.25, -0.2) is 0 Å². The minimum atomic E-state index is 0.0979. The van der Waals surface area contributed by atoms with Crippen LogP contribution < -0.4 is 0 Å². The molecule has 6 heteroatoms. The number of carbonyl (C=O) groups is 2. The van der Waals surface area contributed by atoms with Gasteiger partial charge in [0.05, 0.1) is 0 Å². The van der Waals surface area contributed by atoms with Crippen LogP contribution in [0.2, 0.25) is 0 Å². The Bertz CT molecular complexity index is 615. The minimum absolute atomic E-state index is 0.0979. The molecule has 3 saturated heterocycles. The quantitative estimate of drug-likeness (QED) is 0.608. The number of piperidine rings is 1. The highest BCUT2D eigenvalue weighted by Crippen LogP contribution is 2.32. The van der Waals surface area contributed by atoms with Gasteiger partial charge in [0.25, 0.3) is 0 Å². The van der Waals surface area contributed by atoms with Gasteiger partial charge in [-0.1, -0.05) is 20.4 Å². The van der Waals surface area contributed by atoms with Gasteiger partial charge in [-0.15, -0.1) is 0 Å². The monoisotopic (exact) mass is 446 g/mol. The Morgan fingerprint density at radius 1 is 0.719 bits per heavy atom. The number of piperazine rings is 1. The SMILES string of the molecule is C=CC(=O)C1CCC(C(=O)N2CCC(N3CCC(N4CCN(C)CC4)C3)CC2)CC1.CC. The summed E-state index contributed by atoms with van der Waals surface area (Å²) in [5, 5.41) is 0. The maximum atomic E-state index is 13.0. The molecule has 1 atom stereocenters. The van der Waals surface area contributed by atoms with E-state index in [1.54, 1.807) is 0 Å². The molecule has 3 heterocycles. The van der Waals surface area contributed by atoms with E-state index in [4.69, 9.17) is 0 Å². The lowest BCUT2D eigenvalue weighted by molar-refractivity contribution is -0.139. The molecular formula is C26H46N4O2. The van der Waals surface area contributed by atoms with E-state index in [1.165, 1.54) is 51.8 Å². The Morgan fingerprint density at radius 2 is 1.28 bits per heavy atom. The molecule has 1 unspecified atom stereocenters. The number of likely N-dealkylation sites (N-methyl/N-ethyl adjacent to an activating group) is 1. The number of ketones is 1. The van der Waals surface area contributed by atoms with Gasteiger partial charge in [-0.3, -0.25) is 19.4 Å². The van der Waals surface area contributed by atoms with Crippen molar-refractivity contribution in [1.29, 1.82) is 0 Å². The van der Waals surface area contributed by atoms with E-state index in [1.807, 2.05) is 13.8 Å². The molecule has 1 saturated carbocycles. The molecule has 1 aliphatic carbocycles. The third-order valence-corrected chi connectivity index (χ3v) is 8.22. The molecule has 32 heavy (non-hydrogen) atoms. The second-order valence-corrected chi connectivity index (χ2v) is 9.99. The zero-order chi connectivity index (χ0) is 23.1. The average Bonchev–Trinajstić information content (AvgIpc) is 3.35. The van der Waals surface area contributed by atoms with Crippen LogP contribution in [0.3, 0.4) is 0 Å². The highest BCUT2D eigenvalue weighted by molar-refractivity contribution is 5.91. The summed E-state index contributed by atoms with van der Waals surface area (Å²) in [6.45, 7) is 16.7. The summed E-state index contributed by atoms with van der Waals surface area (Å²) in [5.41, 5.74) is 0. The van der Waals surface area contributed by atoms with Crippen molar-refractivity contribution in [3.63, 3.8) is 0 Å². The van der Waals surface area contributed by atoms with Crippen LogP contribution in [0, 0.1) is 11.8 Å². The molecule has 0 N–H and O–H groups in total. The van der Waals surface area contributed by atoms with Crippen LogP contribution >= 0.6 is 0 Å². The molecular weight excluding hydrogens is 400 g/mol. The zero-order valence-electron chi connectivity index (χ0n) is 20.8. The lowest BCUT2D eigenvalue weighted by Crippen LogP contribution is -2.51. The van der Waals surface area contributed by atoms with Crippen LogP contribution in [-0.2, 0) is 9.59 Å². The molecule has 0 aromatic carbocycles. The van der Waals surface area contributed by atoms with Gasteiger partial charge in [0.15, 0.2) is 5.78 Å². The number of likely N-dealkylation sites (tertiary alicyclic amines) is 2. The van der Waals surface area contributed by atoms with Gasteiger partial charge in [-0.2, -0.15) is 0 Å². The summed E-state index contributed by atoms with van der Waals surface area (Å²) < 4.78 is 0. The number of allylic oxidation sites excluding steroid dienone is 1. The predicted octanol–water partition coefficient (Wildman–Crippen LogP) is 2.89. The molecule has 4 rings (SSSR count). The lowest BCUT2D eigenvalue weighted by Gasteiger charge is -2.40. The molecule has 0 spiro atoms. The second-order valence-electron chi connectivity index (χ2n) is 9.99. The van der Waals surface area contributed by atoms with Crippen LogP contribution in [-0.4, -0.2) is 103 Å². The molecule has 6 nitrogen and oxygen atoms in total. The number of nitrogens with zero attached hydrogens (tertiary/aromatic N) is 4. The van der Waals surface area contributed by atoms with Crippen LogP contribution in [0.1, 0.15) is 58.8 Å². The number of rotatable bonds is 5. The van der Waals surface area contributed by atoms with Crippen molar-refractivity contribution in [2.24, 2.45) is 11.8 Å². The Morgan fingerprint density at radius 3 is 1.88 bits per heavy atom. The third kappa shape index (κ3) is 6.21. The summed E-state index contributed by atoms with van der Waals surface area (Å²) >= 11 is 0. The van der Waals surface area contributed by atoms with Crippen molar-refractivity contribution in [2.45, 2.75) is 70.9 Å². The predicted molar refractivity (Wildman–Crippen MR) is 131 cm³/mol. The van der Waals surface area contributed by atoms with E-state index in [0.717, 1.165) is 57.7 Å². The maximum Gasteiger partial charge on any atom is 0.225 e. The number of amides is 1. The van der Waals surface area contributed by atoms with Crippen LogP contribution in [0.5, 0.6) is 0 Å². The molecule has 0 aromatic rings. The van der Waals surface area contributed by atoms with Crippen LogP contribution in [0.15, 0.2) is 12.7 Å². The molecule has 4 aliphatic rings. The summed E-state index contributed by atoms with van der Waals surface area (Å²) in [5.74, 6) is 0.724. The normalized spacial score (nSPS) is 31.1. The second kappa shape index (κ2) is 12.3. The van der Waals surface area contributed by atoms with E-state index in [0.29, 0.717) is 11.9 Å². The molecule has 4 fully saturated rings. The molecule has 0 aromatic heterocycles. The highest BCUT2D eigenvalue weighted by atomic mass is 16.2. The maximum absolute atomic E-state index is 13.0. The van der Waals surface area contributed by atoms with Crippen molar-refractivity contribution in [3.05, 3.63) is 12.7 Å². The number of hydrogen-bond donors (Lipinski definition) is 0. The van der Waals surface area contributed by atoms with Gasteiger partial charge in [0.2, 0.25) is 5.91 Å². The summed E-state index contributed by atoms with van der Waals surface area (Å²) in [6, 6.07) is 1.37. The highest BCUT2D eigenvalue weighted by Gasteiger charge is 2.36. The summed E-state index contributed by atoms with van der Waals surface area (Å²) in [6.07, 6.45) is 8.40. The Labute approximate surface area is 196 Å². The van der Waals surface area contributed by atoms with Crippen molar-refractivity contribution < 1.29 is 9.59 Å². The lowest BCUT2D eigenvalue weighted by atomic mass is 9.79. The fourth-order valence-electron chi connectivity index (χ4n) is 6.09. The zero-order valence-corrected chi connectivity index (χ0v) is 20.8. The molecule has 0 bridgehead atoms. The Hall–Kier alpha value is -1.24. The smallest absolute Gasteiger partial charge is 0.225 e. The van der Waals surface area contributed by atoms with Crippen molar-refractivity contribution >= 4 is 11.7 Å². The number of hydrogen-bond acceptors (Lipinski definition) is 5. The van der Waals surface area contributed by atoms with E-state index in [-0.39, 0.29) is 17.6 Å². The molecule has 1 amide bonds. The van der Waals surface area contributed by atoms with Crippen molar-refractivity contribution in [1.82, 2.24) is 19.6 Å². The average molecular weight is 447 g/mol. The fourth-order valence-corrected chi connectivity index (χ4v) is 6.09. The van der Waals surface area contributed by atoms with E-state index in [9.17, 15) is 9.59 Å². The minimum Gasteiger partial charge on any atom is -0.342 e. The standard InChI is InChI=1S/C24H40N4O2.C2H6/c1-3-23(29)19-4-6-20(7-5-19)24(30)27-11-8-21(9-12-27)28-13-10-22(18-28)26-16-14-25(2)15-17-26;1-2/h3,19-22H,1,4-18H2,2H3;1-2H3. The topological polar surface area (TPSA) is 47.1 Å². The van der Waals surface area contributed by atoms with Gasteiger partial charge >= 0.3 is 0 Å². The van der Waals surface area contributed by atoms with E-state index < -0.39 is 0 Å². The van der Waals surface area contributed by atoms with E-state index in [2.05, 4.69) is 33.2 Å². The van der Waals surface area contributed by atoms with Gasteiger partial charge in [0, 0.05) is 76.3 Å². The third-order valence-electron chi connectivity index (χ3n) is 8.22. The Balaban J connectivity index is 0.00000141. The largest absolute Gasteiger partial charge is 0.342 e. The first-order valence-corrected chi connectivity index (χ1v) is 13.2. The summed E-state index contributed by atoms with van der Waals surface area (Å²) in [4.78, 5) is 34.8. The molecule has 3 aliphatic heterocycles. The first-order valence-electron chi connectivity index (χ1n) is 13.2. The van der Waals surface area contributed by atoms with Gasteiger partial charge in [-0.05, 0) is 58.1 Å². The Kier molecular flexibility index (Phi) is 9.75. The summed E-state index contributed by atoms with van der Waals surface area (Å²) in [7, 11) is 2.22. The van der Waals surface area contributed by atoms with Crippen LogP contribution in [0.4, 0.5) is 0 Å². The van der Waals surface area contributed by atoms with Gasteiger partial charge in [0.1, 0.15) is 0 Å². The number of carbonyl (C=O) groups excluding carboxylic acids is 2. The first-order chi connectivity index (χ1) is 15.5. The van der Waals surface area contributed by atoms with E-state index >= 15 is 0 Å². The van der Waals surface area contributed by atoms with Gasteiger partial charge < -0.3 is 9.80 Å². The first kappa shape index (κ1) is 25.4. The fraction of sp³-hybridized carbons (Fsp3) is 0.846.